The van der Waals surface area contributed by atoms with Crippen LogP contribution >= 0.6 is 58.0 Å². The van der Waals surface area contributed by atoms with Crippen molar-refractivity contribution in [1.29, 1.82) is 0 Å². The second-order valence-corrected chi connectivity index (χ2v) is 7.28. The Morgan fingerprint density at radius 1 is 0.960 bits per heavy atom. The third kappa shape index (κ3) is 3.53. The van der Waals surface area contributed by atoms with Gasteiger partial charge in [-0.15, -0.1) is 0 Å². The largest absolute Gasteiger partial charge is 0.280 e. The minimum atomic E-state index is -0.389. The summed E-state index contributed by atoms with van der Waals surface area (Å²) >= 11 is 30.6. The van der Waals surface area contributed by atoms with Gasteiger partial charge in [-0.1, -0.05) is 64.1 Å². The molecule has 2 aromatic rings. The number of carbonyl (C=O) groups is 1. The Morgan fingerprint density at radius 3 is 2.08 bits per heavy atom. The van der Waals surface area contributed by atoms with Crippen LogP contribution in [0.1, 0.15) is 12.5 Å². The SMILES string of the molecule is CC1=NN(c2c(Cl)cc(Cl)cc2Cl)C(=O)C1=Cc1c(Cl)cccc1Cl. The van der Waals surface area contributed by atoms with E-state index in [0.717, 1.165) is 5.01 Å². The molecule has 1 heterocycles. The number of hydrogen-bond acceptors (Lipinski definition) is 2. The second kappa shape index (κ2) is 7.18. The summed E-state index contributed by atoms with van der Waals surface area (Å²) in [6.45, 7) is 1.70. The Bertz CT molecular complexity index is 909. The summed E-state index contributed by atoms with van der Waals surface area (Å²) in [6, 6.07) is 8.10. The van der Waals surface area contributed by atoms with E-state index in [1.165, 1.54) is 12.1 Å². The summed E-state index contributed by atoms with van der Waals surface area (Å²) in [7, 11) is 0. The van der Waals surface area contributed by atoms with E-state index in [4.69, 9.17) is 58.0 Å². The molecular weight excluding hydrogens is 425 g/mol. The highest BCUT2D eigenvalue weighted by Gasteiger charge is 2.32. The van der Waals surface area contributed by atoms with Crippen molar-refractivity contribution in [1.82, 2.24) is 0 Å². The van der Waals surface area contributed by atoms with E-state index in [9.17, 15) is 4.79 Å². The molecule has 0 N–H and O–H groups in total. The molecule has 0 atom stereocenters. The predicted molar refractivity (Wildman–Crippen MR) is 107 cm³/mol. The number of amides is 1. The predicted octanol–water partition coefficient (Wildman–Crippen LogP) is 6.76. The van der Waals surface area contributed by atoms with Crippen LogP contribution in [0.4, 0.5) is 5.69 Å². The van der Waals surface area contributed by atoms with Crippen molar-refractivity contribution >= 4 is 81.4 Å². The van der Waals surface area contributed by atoms with Gasteiger partial charge in [-0.25, -0.2) is 0 Å². The van der Waals surface area contributed by atoms with Gasteiger partial charge in [-0.05, 0) is 37.3 Å². The highest BCUT2D eigenvalue weighted by Crippen LogP contribution is 2.39. The van der Waals surface area contributed by atoms with Crippen LogP contribution in [0.25, 0.3) is 6.08 Å². The molecule has 1 aliphatic rings. The van der Waals surface area contributed by atoms with E-state index in [1.54, 1.807) is 31.2 Å². The summed E-state index contributed by atoms with van der Waals surface area (Å²) < 4.78 is 0. The van der Waals surface area contributed by atoms with Gasteiger partial charge in [0, 0.05) is 20.6 Å². The van der Waals surface area contributed by atoms with Crippen molar-refractivity contribution in [3.8, 4) is 0 Å². The first kappa shape index (κ1) is 18.6. The number of benzene rings is 2. The van der Waals surface area contributed by atoms with E-state index >= 15 is 0 Å². The van der Waals surface area contributed by atoms with Gasteiger partial charge < -0.3 is 0 Å². The van der Waals surface area contributed by atoms with Crippen LogP contribution in [0.3, 0.4) is 0 Å². The molecule has 2 aromatic carbocycles. The van der Waals surface area contributed by atoms with Gasteiger partial charge in [0.1, 0.15) is 5.69 Å². The molecular formula is C17H9Cl5N2O. The summed E-state index contributed by atoms with van der Waals surface area (Å²) in [4.78, 5) is 12.8. The molecule has 0 aliphatic carbocycles. The van der Waals surface area contributed by atoms with Gasteiger partial charge in [0.05, 0.1) is 21.3 Å². The summed E-state index contributed by atoms with van der Waals surface area (Å²) in [6.07, 6.45) is 1.60. The van der Waals surface area contributed by atoms with E-state index in [-0.39, 0.29) is 21.6 Å². The maximum atomic E-state index is 12.8. The molecule has 0 bridgehead atoms. The zero-order valence-electron chi connectivity index (χ0n) is 12.7. The Hall–Kier alpha value is -1.23. The van der Waals surface area contributed by atoms with Gasteiger partial charge in [0.25, 0.3) is 5.91 Å². The fourth-order valence-corrected chi connectivity index (χ4v) is 3.85. The number of nitrogens with zero attached hydrogens (tertiary/aromatic N) is 2. The van der Waals surface area contributed by atoms with Gasteiger partial charge in [0.2, 0.25) is 0 Å². The molecule has 128 valence electrons. The Labute approximate surface area is 169 Å². The molecule has 0 fully saturated rings. The highest BCUT2D eigenvalue weighted by atomic mass is 35.5. The average molecular weight is 435 g/mol. The van der Waals surface area contributed by atoms with Crippen LogP contribution in [0.15, 0.2) is 41.0 Å². The molecule has 0 spiro atoms. The topological polar surface area (TPSA) is 32.7 Å². The lowest BCUT2D eigenvalue weighted by Gasteiger charge is -2.15. The van der Waals surface area contributed by atoms with Crippen LogP contribution < -0.4 is 5.01 Å². The first-order valence-corrected chi connectivity index (χ1v) is 8.89. The van der Waals surface area contributed by atoms with Gasteiger partial charge in [0.15, 0.2) is 0 Å². The molecule has 0 unspecified atom stereocenters. The Morgan fingerprint density at radius 2 is 1.52 bits per heavy atom. The standard InChI is InChI=1S/C17H9Cl5N2O/c1-8-10(7-11-12(19)3-2-4-13(11)20)17(25)24(23-8)16-14(21)5-9(18)6-15(16)22/h2-7H,1H3. The molecule has 25 heavy (non-hydrogen) atoms. The molecule has 1 amide bonds. The normalized spacial score (nSPS) is 15.9. The van der Waals surface area contributed by atoms with Crippen LogP contribution in [-0.4, -0.2) is 11.6 Å². The lowest BCUT2D eigenvalue weighted by molar-refractivity contribution is -0.114. The van der Waals surface area contributed by atoms with Crippen LogP contribution in [0, 0.1) is 0 Å². The summed E-state index contributed by atoms with van der Waals surface area (Å²) in [5.74, 6) is -0.389. The maximum Gasteiger partial charge on any atom is 0.280 e. The summed E-state index contributed by atoms with van der Waals surface area (Å²) in [5, 5.41) is 7.08. The van der Waals surface area contributed by atoms with Gasteiger partial charge >= 0.3 is 0 Å². The highest BCUT2D eigenvalue weighted by molar-refractivity contribution is 6.44. The molecule has 1 aliphatic heterocycles. The van der Waals surface area contributed by atoms with E-state index in [2.05, 4.69) is 5.10 Å². The van der Waals surface area contributed by atoms with Crippen molar-refractivity contribution in [3.63, 3.8) is 0 Å². The Balaban J connectivity index is 2.08. The van der Waals surface area contributed by atoms with E-state index < -0.39 is 0 Å². The first-order valence-electron chi connectivity index (χ1n) is 7.00. The lowest BCUT2D eigenvalue weighted by atomic mass is 10.1. The maximum absolute atomic E-state index is 12.8. The molecule has 8 heteroatoms. The third-order valence-electron chi connectivity index (χ3n) is 3.54. The first-order chi connectivity index (χ1) is 11.8. The number of hydrazone groups is 1. The van der Waals surface area contributed by atoms with Crippen LogP contribution in [0.5, 0.6) is 0 Å². The van der Waals surface area contributed by atoms with Crippen molar-refractivity contribution in [2.75, 3.05) is 5.01 Å². The van der Waals surface area contributed by atoms with E-state index in [0.29, 0.717) is 31.9 Å². The summed E-state index contributed by atoms with van der Waals surface area (Å²) in [5.41, 5.74) is 1.64. The minimum absolute atomic E-state index is 0.222. The van der Waals surface area contributed by atoms with Crippen molar-refractivity contribution in [3.05, 3.63) is 66.6 Å². The van der Waals surface area contributed by atoms with Crippen molar-refractivity contribution < 1.29 is 4.79 Å². The third-order valence-corrected chi connectivity index (χ3v) is 5.00. The number of hydrogen-bond donors (Lipinski definition) is 0. The fourth-order valence-electron chi connectivity index (χ4n) is 2.37. The van der Waals surface area contributed by atoms with Crippen LogP contribution in [0.2, 0.25) is 25.1 Å². The number of halogens is 5. The zero-order valence-corrected chi connectivity index (χ0v) is 16.4. The Kier molecular flexibility index (Phi) is 5.33. The lowest BCUT2D eigenvalue weighted by Crippen LogP contribution is -2.22. The fraction of sp³-hybridized carbons (Fsp3) is 0.0588. The van der Waals surface area contributed by atoms with Crippen molar-refractivity contribution in [2.45, 2.75) is 6.92 Å². The molecule has 0 aromatic heterocycles. The molecule has 3 rings (SSSR count). The van der Waals surface area contributed by atoms with Gasteiger partial charge in [-0.2, -0.15) is 10.1 Å². The molecule has 0 saturated heterocycles. The van der Waals surface area contributed by atoms with Crippen LogP contribution in [-0.2, 0) is 4.79 Å². The monoisotopic (exact) mass is 432 g/mol. The molecule has 0 saturated carbocycles. The average Bonchev–Trinajstić information content (AvgIpc) is 2.77. The second-order valence-electron chi connectivity index (χ2n) is 5.21. The number of rotatable bonds is 2. The number of carbonyl (C=O) groups excluding carboxylic acids is 1. The quantitative estimate of drug-likeness (QED) is 0.481. The van der Waals surface area contributed by atoms with Gasteiger partial charge in [-0.3, -0.25) is 4.79 Å². The molecule has 3 nitrogen and oxygen atoms in total. The minimum Gasteiger partial charge on any atom is -0.267 e. The molecule has 0 radical (unpaired) electrons. The van der Waals surface area contributed by atoms with Crippen molar-refractivity contribution in [2.24, 2.45) is 5.10 Å². The number of anilines is 1. The zero-order chi connectivity index (χ0) is 18.3. The smallest absolute Gasteiger partial charge is 0.267 e. The van der Waals surface area contributed by atoms with E-state index in [1.807, 2.05) is 0 Å².